The molecule has 1 aromatic rings. The maximum Gasteiger partial charge on any atom is 0.299 e. The zero-order chi connectivity index (χ0) is 12.6. The summed E-state index contributed by atoms with van der Waals surface area (Å²) in [6.45, 7) is 2.37. The molecule has 0 spiro atoms. The van der Waals surface area contributed by atoms with Crippen LogP contribution in [0.15, 0.2) is 30.3 Å². The summed E-state index contributed by atoms with van der Waals surface area (Å²) in [6, 6.07) is 9.20. The fourth-order valence-corrected chi connectivity index (χ4v) is 1.73. The highest BCUT2D eigenvalue weighted by Gasteiger charge is 2.06. The standard InChI is InChI=1S/C10H16N2O4S/c1-2-11-17(13,14)12-16-9-8-15-10-6-4-3-5-7-10/h3-7,11-12H,2,8-9H2,1H3. The van der Waals surface area contributed by atoms with Crippen molar-refractivity contribution >= 4 is 10.2 Å². The number of para-hydroxylation sites is 1. The Bertz CT molecular complexity index is 408. The van der Waals surface area contributed by atoms with Crippen molar-refractivity contribution in [2.45, 2.75) is 6.92 Å². The van der Waals surface area contributed by atoms with Gasteiger partial charge in [0.25, 0.3) is 10.2 Å². The number of benzene rings is 1. The molecule has 0 aliphatic rings. The maximum absolute atomic E-state index is 11.1. The van der Waals surface area contributed by atoms with Gasteiger partial charge in [-0.1, -0.05) is 30.0 Å². The fraction of sp³-hybridized carbons (Fsp3) is 0.400. The number of nitrogens with one attached hydrogen (secondary N) is 2. The van der Waals surface area contributed by atoms with Crippen molar-refractivity contribution in [3.8, 4) is 5.75 Å². The van der Waals surface area contributed by atoms with Gasteiger partial charge in [0, 0.05) is 6.54 Å². The van der Waals surface area contributed by atoms with Crippen LogP contribution in [-0.2, 0) is 15.0 Å². The van der Waals surface area contributed by atoms with E-state index < -0.39 is 10.2 Å². The van der Waals surface area contributed by atoms with Crippen LogP contribution >= 0.6 is 0 Å². The second-order valence-electron chi connectivity index (χ2n) is 3.09. The van der Waals surface area contributed by atoms with Crippen molar-refractivity contribution in [2.24, 2.45) is 0 Å². The topological polar surface area (TPSA) is 76.7 Å². The smallest absolute Gasteiger partial charge is 0.299 e. The van der Waals surface area contributed by atoms with Crippen LogP contribution in [0.5, 0.6) is 5.75 Å². The van der Waals surface area contributed by atoms with Gasteiger partial charge in [-0.15, -0.1) is 0 Å². The van der Waals surface area contributed by atoms with Crippen LogP contribution in [0, 0.1) is 0 Å². The summed E-state index contributed by atoms with van der Waals surface area (Å²) in [4.78, 5) is 6.67. The Morgan fingerprint density at radius 1 is 1.18 bits per heavy atom. The van der Waals surface area contributed by atoms with E-state index >= 15 is 0 Å². The van der Waals surface area contributed by atoms with Crippen LogP contribution in [0.3, 0.4) is 0 Å². The van der Waals surface area contributed by atoms with Crippen LogP contribution in [0.4, 0.5) is 0 Å². The average Bonchev–Trinajstić information content (AvgIpc) is 2.30. The van der Waals surface area contributed by atoms with Gasteiger partial charge in [-0.05, 0) is 12.1 Å². The lowest BCUT2D eigenvalue weighted by atomic mass is 10.3. The highest BCUT2D eigenvalue weighted by atomic mass is 32.2. The lowest BCUT2D eigenvalue weighted by molar-refractivity contribution is 0.0658. The van der Waals surface area contributed by atoms with Crippen molar-refractivity contribution in [2.75, 3.05) is 19.8 Å². The molecule has 2 N–H and O–H groups in total. The van der Waals surface area contributed by atoms with Crippen LogP contribution < -0.4 is 14.3 Å². The number of rotatable bonds is 8. The molecule has 0 saturated heterocycles. The van der Waals surface area contributed by atoms with Crippen molar-refractivity contribution in [3.63, 3.8) is 0 Å². The molecule has 0 aliphatic carbocycles. The molecule has 96 valence electrons. The van der Waals surface area contributed by atoms with Gasteiger partial charge >= 0.3 is 0 Å². The average molecular weight is 260 g/mol. The molecule has 0 radical (unpaired) electrons. The number of hydrogen-bond donors (Lipinski definition) is 2. The monoisotopic (exact) mass is 260 g/mol. The Morgan fingerprint density at radius 3 is 2.53 bits per heavy atom. The summed E-state index contributed by atoms with van der Waals surface area (Å²) < 4.78 is 29.7. The van der Waals surface area contributed by atoms with Gasteiger partial charge in [-0.2, -0.15) is 8.42 Å². The molecule has 0 aromatic heterocycles. The van der Waals surface area contributed by atoms with E-state index in [2.05, 4.69) is 4.72 Å². The first-order valence-corrected chi connectivity index (χ1v) is 6.68. The van der Waals surface area contributed by atoms with E-state index in [-0.39, 0.29) is 13.2 Å². The summed E-state index contributed by atoms with van der Waals surface area (Å²) in [5.74, 6) is 0.714. The molecule has 0 aliphatic heterocycles. The Morgan fingerprint density at radius 2 is 1.88 bits per heavy atom. The van der Waals surface area contributed by atoms with Crippen LogP contribution in [0.1, 0.15) is 6.92 Å². The van der Waals surface area contributed by atoms with Gasteiger partial charge in [-0.3, -0.25) is 4.84 Å². The second-order valence-corrected chi connectivity index (χ2v) is 4.56. The Kier molecular flexibility index (Phi) is 5.92. The maximum atomic E-state index is 11.1. The molecule has 17 heavy (non-hydrogen) atoms. The first kappa shape index (κ1) is 13.9. The Balaban J connectivity index is 2.13. The van der Waals surface area contributed by atoms with E-state index in [0.717, 1.165) is 0 Å². The fourth-order valence-electron chi connectivity index (χ4n) is 1.06. The zero-order valence-corrected chi connectivity index (χ0v) is 10.4. The third kappa shape index (κ3) is 6.22. The molecule has 0 heterocycles. The quantitative estimate of drug-likeness (QED) is 0.525. The third-order valence-electron chi connectivity index (χ3n) is 1.70. The molecule has 0 amide bonds. The predicted octanol–water partition coefficient (Wildman–Crippen LogP) is 0.441. The first-order valence-electron chi connectivity index (χ1n) is 5.20. The predicted molar refractivity (Wildman–Crippen MR) is 63.6 cm³/mol. The summed E-state index contributed by atoms with van der Waals surface area (Å²) in [6.07, 6.45) is 0. The molecule has 0 atom stereocenters. The highest BCUT2D eigenvalue weighted by Crippen LogP contribution is 2.07. The Labute approximate surface area is 101 Å². The van der Waals surface area contributed by atoms with Crippen molar-refractivity contribution in [3.05, 3.63) is 30.3 Å². The minimum Gasteiger partial charge on any atom is -0.491 e. The van der Waals surface area contributed by atoms with E-state index in [1.54, 1.807) is 6.92 Å². The molecular formula is C10H16N2O4S. The summed E-state index contributed by atoms with van der Waals surface area (Å²) in [5.41, 5.74) is 0. The number of hydrogen-bond acceptors (Lipinski definition) is 4. The molecular weight excluding hydrogens is 244 g/mol. The van der Waals surface area contributed by atoms with Crippen LogP contribution in [-0.4, -0.2) is 28.2 Å². The zero-order valence-electron chi connectivity index (χ0n) is 9.55. The third-order valence-corrected chi connectivity index (χ3v) is 2.71. The lowest BCUT2D eigenvalue weighted by Gasteiger charge is -2.08. The van der Waals surface area contributed by atoms with E-state index in [4.69, 9.17) is 9.57 Å². The van der Waals surface area contributed by atoms with E-state index in [1.807, 2.05) is 35.2 Å². The van der Waals surface area contributed by atoms with Crippen molar-refractivity contribution < 1.29 is 18.0 Å². The van der Waals surface area contributed by atoms with Gasteiger partial charge in [0.2, 0.25) is 0 Å². The summed E-state index contributed by atoms with van der Waals surface area (Å²) in [5, 5.41) is 0. The van der Waals surface area contributed by atoms with Gasteiger partial charge < -0.3 is 4.74 Å². The lowest BCUT2D eigenvalue weighted by Crippen LogP contribution is -2.37. The number of ether oxygens (including phenoxy) is 1. The summed E-state index contributed by atoms with van der Waals surface area (Å²) in [7, 11) is -3.55. The van der Waals surface area contributed by atoms with Gasteiger partial charge in [0.15, 0.2) is 0 Å². The molecule has 0 saturated carbocycles. The molecule has 1 aromatic carbocycles. The minimum atomic E-state index is -3.55. The van der Waals surface area contributed by atoms with Crippen LogP contribution in [0.2, 0.25) is 0 Å². The van der Waals surface area contributed by atoms with Crippen LogP contribution in [0.25, 0.3) is 0 Å². The van der Waals surface area contributed by atoms with E-state index in [1.165, 1.54) is 0 Å². The molecule has 0 fully saturated rings. The van der Waals surface area contributed by atoms with Gasteiger partial charge in [0.1, 0.15) is 19.0 Å². The van der Waals surface area contributed by atoms with Gasteiger partial charge in [0.05, 0.1) is 0 Å². The SMILES string of the molecule is CCNS(=O)(=O)NOCCOc1ccccc1. The normalized spacial score (nSPS) is 11.4. The van der Waals surface area contributed by atoms with E-state index in [0.29, 0.717) is 12.3 Å². The largest absolute Gasteiger partial charge is 0.491 e. The van der Waals surface area contributed by atoms with E-state index in [9.17, 15) is 8.42 Å². The summed E-state index contributed by atoms with van der Waals surface area (Å²) >= 11 is 0. The highest BCUT2D eigenvalue weighted by molar-refractivity contribution is 7.87. The molecule has 1 rings (SSSR count). The molecule has 7 heteroatoms. The molecule has 0 bridgehead atoms. The van der Waals surface area contributed by atoms with Crippen molar-refractivity contribution in [1.82, 2.24) is 9.61 Å². The molecule has 6 nitrogen and oxygen atoms in total. The molecule has 0 unspecified atom stereocenters. The van der Waals surface area contributed by atoms with Crippen molar-refractivity contribution in [1.29, 1.82) is 0 Å². The van der Waals surface area contributed by atoms with Gasteiger partial charge in [-0.25, -0.2) is 4.72 Å². The second kappa shape index (κ2) is 7.23. The first-order chi connectivity index (χ1) is 8.14. The Hall–Kier alpha value is -1.15. The minimum absolute atomic E-state index is 0.125.